The maximum Gasteiger partial charge on any atom is 0.472 e. The second-order valence-corrected chi connectivity index (χ2v) is 34.0. The highest BCUT2D eigenvalue weighted by atomic mass is 31.2. The first-order chi connectivity index (χ1) is 50.5. The number of unbranched alkanes of at least 4 members (excludes halogenated alkanes) is 57. The second kappa shape index (κ2) is 77.8. The van der Waals surface area contributed by atoms with Crippen molar-refractivity contribution in [3.63, 3.8) is 0 Å². The fourth-order valence-electron chi connectivity index (χ4n) is 13.3. The molecule has 0 saturated carbocycles. The number of hydrogen-bond donors (Lipinski definition) is 3. The largest absolute Gasteiger partial charge is 0.472 e. The van der Waals surface area contributed by atoms with Gasteiger partial charge in [0, 0.05) is 25.7 Å². The van der Waals surface area contributed by atoms with Crippen LogP contribution >= 0.6 is 15.6 Å². The van der Waals surface area contributed by atoms with E-state index < -0.39 is 97.5 Å². The summed E-state index contributed by atoms with van der Waals surface area (Å²) in [5.74, 6) is -1.29. The Kier molecular flexibility index (Phi) is 76.3. The van der Waals surface area contributed by atoms with Gasteiger partial charge >= 0.3 is 39.5 Å². The molecule has 0 heterocycles. The standard InChI is InChI=1S/C85H166O17P2/c1-6-9-12-15-18-20-22-24-26-28-33-37-41-45-49-54-59-64-69-83(88)96-75-81(102-85(90)71-66-61-56-51-47-43-39-35-31-30-32-36-40-44-48-53-57-62-67-78(4)5)77-100-104(93,94)98-73-79(86)72-97-103(91,92)99-76-80(74-95-82(87)68-63-58-52-17-14-11-8-3)101-84(89)70-65-60-55-50-46-42-38-34-29-27-25-23-21-19-16-13-10-7-2/h78-81,86H,6-77H2,1-5H3,(H,91,92)(H,93,94)/t79-,80+,81+/m0/s1. The van der Waals surface area contributed by atoms with Gasteiger partial charge in [-0.15, -0.1) is 0 Å². The number of ether oxygens (including phenoxy) is 4. The molecule has 0 aliphatic rings. The van der Waals surface area contributed by atoms with Gasteiger partial charge in [0.1, 0.15) is 19.3 Å². The third kappa shape index (κ3) is 78.2. The molecule has 0 aliphatic heterocycles. The molecule has 2 unspecified atom stereocenters. The lowest BCUT2D eigenvalue weighted by Gasteiger charge is -2.21. The molecule has 5 atom stereocenters. The molecular weight excluding hydrogens is 1350 g/mol. The topological polar surface area (TPSA) is 237 Å². The van der Waals surface area contributed by atoms with Crippen LogP contribution in [0.3, 0.4) is 0 Å². The highest BCUT2D eigenvalue weighted by Crippen LogP contribution is 2.45. The Morgan fingerprint density at radius 1 is 0.260 bits per heavy atom. The molecule has 17 nitrogen and oxygen atoms in total. The number of rotatable bonds is 85. The van der Waals surface area contributed by atoms with E-state index in [1.54, 1.807) is 0 Å². The number of esters is 4. The molecule has 0 spiro atoms. The monoisotopic (exact) mass is 1520 g/mol. The van der Waals surface area contributed by atoms with Crippen LogP contribution in [0.15, 0.2) is 0 Å². The van der Waals surface area contributed by atoms with Crippen molar-refractivity contribution in [1.82, 2.24) is 0 Å². The first-order valence-electron chi connectivity index (χ1n) is 44.1. The van der Waals surface area contributed by atoms with Crippen LogP contribution in [-0.2, 0) is 65.4 Å². The van der Waals surface area contributed by atoms with Crippen LogP contribution in [0.1, 0.15) is 458 Å². The van der Waals surface area contributed by atoms with E-state index in [0.717, 1.165) is 109 Å². The van der Waals surface area contributed by atoms with Crippen LogP contribution in [0, 0.1) is 5.92 Å². The first kappa shape index (κ1) is 102. The van der Waals surface area contributed by atoms with Crippen molar-refractivity contribution >= 4 is 39.5 Å². The van der Waals surface area contributed by atoms with Crippen molar-refractivity contribution < 1.29 is 80.2 Å². The SMILES string of the molecule is CCCCCCCCCCCCCCCCCCCCC(=O)OC[C@H](COP(=O)(O)OC[C@@H](O)COP(=O)(O)OC[C@@H](COC(=O)CCCCCCCCC)OC(=O)CCCCCCCCCCCCCCCCCCCC)OC(=O)CCCCCCCCCCCCCCCCCCCCC(C)C. The molecule has 0 saturated heterocycles. The van der Waals surface area contributed by atoms with Gasteiger partial charge in [0.05, 0.1) is 26.4 Å². The van der Waals surface area contributed by atoms with Crippen LogP contribution in [-0.4, -0.2) is 96.7 Å². The third-order valence-corrected chi connectivity index (χ3v) is 21.9. The molecule has 19 heteroatoms. The Bertz CT molecular complexity index is 1980. The Labute approximate surface area is 638 Å². The first-order valence-corrected chi connectivity index (χ1v) is 47.1. The minimum absolute atomic E-state index is 0.109. The molecule has 0 aromatic heterocycles. The molecule has 0 aromatic rings. The van der Waals surface area contributed by atoms with E-state index in [1.165, 1.54) is 270 Å². The minimum atomic E-state index is -4.96. The average molecular weight is 1520 g/mol. The van der Waals surface area contributed by atoms with Crippen molar-refractivity contribution in [1.29, 1.82) is 0 Å². The van der Waals surface area contributed by atoms with E-state index in [4.69, 9.17) is 37.0 Å². The molecule has 0 amide bonds. The smallest absolute Gasteiger partial charge is 0.462 e. The minimum Gasteiger partial charge on any atom is -0.462 e. The normalized spacial score (nSPS) is 13.8. The van der Waals surface area contributed by atoms with Crippen molar-refractivity contribution in [2.24, 2.45) is 5.92 Å². The highest BCUT2D eigenvalue weighted by molar-refractivity contribution is 7.47. The zero-order chi connectivity index (χ0) is 76.2. The second-order valence-electron chi connectivity index (χ2n) is 31.1. The molecular formula is C85H166O17P2. The number of hydrogen-bond acceptors (Lipinski definition) is 15. The molecule has 618 valence electrons. The van der Waals surface area contributed by atoms with Crippen molar-refractivity contribution in [3.05, 3.63) is 0 Å². The molecule has 0 rings (SSSR count). The van der Waals surface area contributed by atoms with Gasteiger partial charge in [0.2, 0.25) is 0 Å². The number of carbonyl (C=O) groups excluding carboxylic acids is 4. The number of carbonyl (C=O) groups is 4. The molecule has 0 fully saturated rings. The summed E-state index contributed by atoms with van der Waals surface area (Å²) in [6, 6.07) is 0. The van der Waals surface area contributed by atoms with E-state index in [-0.39, 0.29) is 25.7 Å². The molecule has 0 bridgehead atoms. The van der Waals surface area contributed by atoms with Crippen molar-refractivity contribution in [2.75, 3.05) is 39.6 Å². The van der Waals surface area contributed by atoms with Gasteiger partial charge in [0.15, 0.2) is 12.2 Å². The van der Waals surface area contributed by atoms with E-state index >= 15 is 0 Å². The van der Waals surface area contributed by atoms with Gasteiger partial charge in [-0.3, -0.25) is 37.3 Å². The Morgan fingerprint density at radius 3 is 0.654 bits per heavy atom. The summed E-state index contributed by atoms with van der Waals surface area (Å²) >= 11 is 0. The Balaban J connectivity index is 5.16. The quantitative estimate of drug-likeness (QED) is 0.0222. The fourth-order valence-corrected chi connectivity index (χ4v) is 14.9. The summed E-state index contributed by atoms with van der Waals surface area (Å²) in [5, 5.41) is 10.6. The zero-order valence-corrected chi connectivity index (χ0v) is 70.0. The predicted molar refractivity (Wildman–Crippen MR) is 428 cm³/mol. The van der Waals surface area contributed by atoms with Crippen molar-refractivity contribution in [2.45, 2.75) is 477 Å². The lowest BCUT2D eigenvalue weighted by Crippen LogP contribution is -2.30. The Hall–Kier alpha value is -1.94. The maximum atomic E-state index is 13.1. The van der Waals surface area contributed by atoms with Crippen LogP contribution in [0.4, 0.5) is 0 Å². The van der Waals surface area contributed by atoms with Crippen LogP contribution < -0.4 is 0 Å². The van der Waals surface area contributed by atoms with E-state index in [1.807, 2.05) is 0 Å². The number of phosphoric acid groups is 2. The van der Waals surface area contributed by atoms with Gasteiger partial charge in [-0.25, -0.2) is 9.13 Å². The predicted octanol–water partition coefficient (Wildman–Crippen LogP) is 26.0. The third-order valence-electron chi connectivity index (χ3n) is 20.0. The summed E-state index contributed by atoms with van der Waals surface area (Å²) in [7, 11) is -9.92. The van der Waals surface area contributed by atoms with Crippen LogP contribution in [0.25, 0.3) is 0 Å². The van der Waals surface area contributed by atoms with Gasteiger partial charge in [-0.05, 0) is 31.6 Å². The Morgan fingerprint density at radius 2 is 0.442 bits per heavy atom. The lowest BCUT2D eigenvalue weighted by molar-refractivity contribution is -0.161. The zero-order valence-electron chi connectivity index (χ0n) is 68.2. The average Bonchev–Trinajstić information content (AvgIpc) is 0.932. The van der Waals surface area contributed by atoms with E-state index in [9.17, 15) is 43.2 Å². The maximum absolute atomic E-state index is 13.1. The van der Waals surface area contributed by atoms with Crippen LogP contribution in [0.5, 0.6) is 0 Å². The van der Waals surface area contributed by atoms with E-state index in [2.05, 4.69) is 34.6 Å². The number of phosphoric ester groups is 2. The molecule has 0 aliphatic carbocycles. The summed E-state index contributed by atoms with van der Waals surface area (Å²) < 4.78 is 68.7. The fraction of sp³-hybridized carbons (Fsp3) is 0.953. The van der Waals surface area contributed by atoms with E-state index in [0.29, 0.717) is 25.7 Å². The summed E-state index contributed by atoms with van der Waals surface area (Å²) in [5.41, 5.74) is 0. The molecule has 0 radical (unpaired) electrons. The molecule has 3 N–H and O–H groups in total. The van der Waals surface area contributed by atoms with Crippen molar-refractivity contribution in [3.8, 4) is 0 Å². The van der Waals surface area contributed by atoms with Gasteiger partial charge in [-0.1, -0.05) is 407 Å². The highest BCUT2D eigenvalue weighted by Gasteiger charge is 2.30. The van der Waals surface area contributed by atoms with Gasteiger partial charge in [0.25, 0.3) is 0 Å². The van der Waals surface area contributed by atoms with Crippen LogP contribution in [0.2, 0.25) is 0 Å². The summed E-state index contributed by atoms with van der Waals surface area (Å²) in [6.45, 7) is 7.35. The van der Waals surface area contributed by atoms with Gasteiger partial charge in [-0.2, -0.15) is 0 Å². The number of aliphatic hydroxyl groups excluding tert-OH is 1. The number of aliphatic hydroxyl groups is 1. The summed E-state index contributed by atoms with van der Waals surface area (Å²) in [4.78, 5) is 73.0. The molecule has 0 aromatic carbocycles. The summed E-state index contributed by atoms with van der Waals surface area (Å²) in [6.07, 6.45) is 71.0. The lowest BCUT2D eigenvalue weighted by atomic mass is 10.0. The van der Waals surface area contributed by atoms with Gasteiger partial charge < -0.3 is 33.8 Å². The molecule has 104 heavy (non-hydrogen) atoms.